The maximum Gasteiger partial charge on any atom is 0.161 e. The second kappa shape index (κ2) is 4.93. The van der Waals surface area contributed by atoms with Crippen molar-refractivity contribution in [1.82, 2.24) is 0 Å². The SMILES string of the molecule is NC1CCC(C(=O)C2=CCCCCC2)C1. The first-order valence-corrected chi connectivity index (χ1v) is 6.26. The van der Waals surface area contributed by atoms with Crippen molar-refractivity contribution in [2.24, 2.45) is 11.7 Å². The molecule has 2 atom stereocenters. The fraction of sp³-hybridized carbons (Fsp3) is 0.769. The van der Waals surface area contributed by atoms with Gasteiger partial charge in [-0.25, -0.2) is 0 Å². The number of nitrogens with two attached hydrogens (primary N) is 1. The molecule has 0 aromatic rings. The van der Waals surface area contributed by atoms with Crippen LogP contribution in [0, 0.1) is 5.92 Å². The van der Waals surface area contributed by atoms with E-state index in [2.05, 4.69) is 6.08 Å². The summed E-state index contributed by atoms with van der Waals surface area (Å²) in [6.07, 6.45) is 11.0. The van der Waals surface area contributed by atoms with E-state index in [1.807, 2.05) is 0 Å². The predicted octanol–water partition coefficient (Wildman–Crippen LogP) is 2.57. The van der Waals surface area contributed by atoms with E-state index in [1.165, 1.54) is 19.3 Å². The van der Waals surface area contributed by atoms with Crippen molar-refractivity contribution in [2.45, 2.75) is 57.4 Å². The molecule has 2 nitrogen and oxygen atoms in total. The van der Waals surface area contributed by atoms with E-state index in [0.717, 1.165) is 37.7 Å². The van der Waals surface area contributed by atoms with Crippen LogP contribution < -0.4 is 5.73 Å². The molecule has 0 saturated heterocycles. The number of hydrogen-bond donors (Lipinski definition) is 1. The highest BCUT2D eigenvalue weighted by Crippen LogP contribution is 2.29. The Morgan fingerprint density at radius 2 is 2.13 bits per heavy atom. The zero-order chi connectivity index (χ0) is 10.7. The Kier molecular flexibility index (Phi) is 3.57. The van der Waals surface area contributed by atoms with E-state index < -0.39 is 0 Å². The Balaban J connectivity index is 1.97. The summed E-state index contributed by atoms with van der Waals surface area (Å²) in [5, 5.41) is 0. The Hall–Kier alpha value is -0.630. The van der Waals surface area contributed by atoms with E-state index >= 15 is 0 Å². The van der Waals surface area contributed by atoms with Crippen molar-refractivity contribution >= 4 is 5.78 Å². The van der Waals surface area contributed by atoms with Crippen LogP contribution >= 0.6 is 0 Å². The van der Waals surface area contributed by atoms with Crippen molar-refractivity contribution in [1.29, 1.82) is 0 Å². The van der Waals surface area contributed by atoms with Gasteiger partial charge in [0.1, 0.15) is 0 Å². The molecule has 2 N–H and O–H groups in total. The van der Waals surface area contributed by atoms with Gasteiger partial charge in [0.15, 0.2) is 5.78 Å². The summed E-state index contributed by atoms with van der Waals surface area (Å²) < 4.78 is 0. The summed E-state index contributed by atoms with van der Waals surface area (Å²) in [6.45, 7) is 0. The summed E-state index contributed by atoms with van der Waals surface area (Å²) in [7, 11) is 0. The van der Waals surface area contributed by atoms with Crippen molar-refractivity contribution in [3.8, 4) is 0 Å². The maximum atomic E-state index is 12.2. The Bertz CT molecular complexity index is 270. The highest BCUT2D eigenvalue weighted by Gasteiger charge is 2.29. The molecule has 0 heterocycles. The monoisotopic (exact) mass is 207 g/mol. The molecule has 2 aliphatic carbocycles. The molecule has 0 amide bonds. The van der Waals surface area contributed by atoms with Crippen molar-refractivity contribution < 1.29 is 4.79 Å². The minimum Gasteiger partial charge on any atom is -0.328 e. The van der Waals surface area contributed by atoms with Gasteiger partial charge in [-0.05, 0) is 50.5 Å². The fourth-order valence-corrected chi connectivity index (χ4v) is 2.76. The number of ketones is 1. The Morgan fingerprint density at radius 1 is 1.27 bits per heavy atom. The van der Waals surface area contributed by atoms with Gasteiger partial charge in [-0.15, -0.1) is 0 Å². The lowest BCUT2D eigenvalue weighted by atomic mass is 9.93. The average Bonchev–Trinajstić information content (AvgIpc) is 2.53. The van der Waals surface area contributed by atoms with Crippen LogP contribution in [0.2, 0.25) is 0 Å². The molecular weight excluding hydrogens is 186 g/mol. The van der Waals surface area contributed by atoms with Gasteiger partial charge in [0.2, 0.25) is 0 Å². The summed E-state index contributed by atoms with van der Waals surface area (Å²) in [5.41, 5.74) is 6.95. The molecule has 84 valence electrons. The number of Topliss-reactive ketones (excluding diaryl/α,β-unsaturated/α-hetero) is 1. The zero-order valence-electron chi connectivity index (χ0n) is 9.37. The van der Waals surface area contributed by atoms with Crippen molar-refractivity contribution in [3.63, 3.8) is 0 Å². The number of rotatable bonds is 2. The molecule has 2 aliphatic rings. The lowest BCUT2D eigenvalue weighted by Gasteiger charge is -2.10. The number of carbonyl (C=O) groups excluding carboxylic acids is 1. The molecule has 1 fully saturated rings. The molecule has 2 rings (SSSR count). The summed E-state index contributed by atoms with van der Waals surface area (Å²) in [5.74, 6) is 0.647. The van der Waals surface area contributed by atoms with Gasteiger partial charge in [0.05, 0.1) is 0 Å². The van der Waals surface area contributed by atoms with Gasteiger partial charge in [-0.2, -0.15) is 0 Å². The lowest BCUT2D eigenvalue weighted by Crippen LogP contribution is -2.19. The molecule has 0 aromatic heterocycles. The van der Waals surface area contributed by atoms with Gasteiger partial charge in [0.25, 0.3) is 0 Å². The highest BCUT2D eigenvalue weighted by molar-refractivity contribution is 5.97. The molecule has 1 saturated carbocycles. The molecule has 2 heteroatoms. The number of hydrogen-bond acceptors (Lipinski definition) is 2. The first-order chi connectivity index (χ1) is 7.27. The van der Waals surface area contributed by atoms with Gasteiger partial charge in [-0.3, -0.25) is 4.79 Å². The first kappa shape index (κ1) is 10.9. The highest BCUT2D eigenvalue weighted by atomic mass is 16.1. The van der Waals surface area contributed by atoms with Crippen LogP contribution in [0.4, 0.5) is 0 Å². The van der Waals surface area contributed by atoms with Gasteiger partial charge in [-0.1, -0.05) is 12.5 Å². The molecule has 15 heavy (non-hydrogen) atoms. The average molecular weight is 207 g/mol. The first-order valence-electron chi connectivity index (χ1n) is 6.26. The third kappa shape index (κ3) is 2.69. The van der Waals surface area contributed by atoms with Crippen LogP contribution in [0.1, 0.15) is 51.4 Å². The smallest absolute Gasteiger partial charge is 0.161 e. The molecule has 0 spiro atoms. The van der Waals surface area contributed by atoms with Crippen LogP contribution in [0.15, 0.2) is 11.6 Å². The van der Waals surface area contributed by atoms with Gasteiger partial charge < -0.3 is 5.73 Å². The normalized spacial score (nSPS) is 32.2. The third-order valence-electron chi connectivity index (χ3n) is 3.70. The number of carbonyl (C=O) groups is 1. The van der Waals surface area contributed by atoms with Crippen molar-refractivity contribution in [2.75, 3.05) is 0 Å². The second-order valence-electron chi connectivity index (χ2n) is 4.96. The van der Waals surface area contributed by atoms with Crippen LogP contribution in [-0.4, -0.2) is 11.8 Å². The summed E-state index contributed by atoms with van der Waals surface area (Å²) in [6, 6.07) is 0.269. The molecule has 2 unspecified atom stereocenters. The standard InChI is InChI=1S/C13H21NO/c14-12-8-7-11(9-12)13(15)10-5-3-1-2-4-6-10/h5,11-12H,1-4,6-9,14H2. The minimum atomic E-state index is 0.240. The van der Waals surface area contributed by atoms with Gasteiger partial charge in [0, 0.05) is 12.0 Å². The van der Waals surface area contributed by atoms with Crippen molar-refractivity contribution in [3.05, 3.63) is 11.6 Å². The van der Waals surface area contributed by atoms with E-state index in [-0.39, 0.29) is 12.0 Å². The maximum absolute atomic E-state index is 12.2. The van der Waals surface area contributed by atoms with Crippen LogP contribution in [0.25, 0.3) is 0 Å². The molecule has 0 aliphatic heterocycles. The largest absolute Gasteiger partial charge is 0.328 e. The van der Waals surface area contributed by atoms with Gasteiger partial charge >= 0.3 is 0 Å². The van der Waals surface area contributed by atoms with E-state index in [0.29, 0.717) is 5.78 Å². The van der Waals surface area contributed by atoms with E-state index in [4.69, 9.17) is 5.73 Å². The predicted molar refractivity (Wildman–Crippen MR) is 61.5 cm³/mol. The Morgan fingerprint density at radius 3 is 2.87 bits per heavy atom. The zero-order valence-corrected chi connectivity index (χ0v) is 9.37. The van der Waals surface area contributed by atoms with Crippen LogP contribution in [-0.2, 0) is 4.79 Å². The fourth-order valence-electron chi connectivity index (χ4n) is 2.76. The van der Waals surface area contributed by atoms with Crippen LogP contribution in [0.5, 0.6) is 0 Å². The topological polar surface area (TPSA) is 43.1 Å². The van der Waals surface area contributed by atoms with E-state index in [9.17, 15) is 4.79 Å². The number of allylic oxidation sites excluding steroid dienone is 2. The van der Waals surface area contributed by atoms with Crippen LogP contribution in [0.3, 0.4) is 0 Å². The lowest BCUT2D eigenvalue weighted by molar-refractivity contribution is -0.119. The molecule has 0 aromatic carbocycles. The minimum absolute atomic E-state index is 0.240. The third-order valence-corrected chi connectivity index (χ3v) is 3.70. The quantitative estimate of drug-likeness (QED) is 0.756. The summed E-state index contributed by atoms with van der Waals surface area (Å²) in [4.78, 5) is 12.2. The Labute approximate surface area is 91.9 Å². The molecule has 0 bridgehead atoms. The molecule has 0 radical (unpaired) electrons. The van der Waals surface area contributed by atoms with E-state index in [1.54, 1.807) is 0 Å². The summed E-state index contributed by atoms with van der Waals surface area (Å²) >= 11 is 0. The second-order valence-corrected chi connectivity index (χ2v) is 4.96. The molecular formula is C13H21NO.